The molecule has 0 spiro atoms. The van der Waals surface area contributed by atoms with Gasteiger partial charge in [0.25, 0.3) is 0 Å². The summed E-state index contributed by atoms with van der Waals surface area (Å²) in [6, 6.07) is 3.31. The Hall–Kier alpha value is -0.960. The lowest BCUT2D eigenvalue weighted by Crippen LogP contribution is -2.49. The Balaban J connectivity index is 2.11. The molecule has 0 bridgehead atoms. The average Bonchev–Trinajstić information content (AvgIpc) is 2.85. The van der Waals surface area contributed by atoms with Gasteiger partial charge in [-0.05, 0) is 31.9 Å². The molecular formula is C12H18N2O4S2. The number of ether oxygens (including phenoxy) is 1. The molecule has 112 valence electrons. The molecule has 1 aromatic rings. The number of hydrogen-bond donors (Lipinski definition) is 2. The van der Waals surface area contributed by atoms with Gasteiger partial charge in [0.1, 0.15) is 4.21 Å². The Morgan fingerprint density at radius 3 is 2.60 bits per heavy atom. The number of primary amides is 1. The summed E-state index contributed by atoms with van der Waals surface area (Å²) in [5.41, 5.74) is 4.60. The third-order valence-corrected chi connectivity index (χ3v) is 6.45. The molecule has 0 aromatic carbocycles. The molecule has 1 aliphatic rings. The van der Waals surface area contributed by atoms with Crippen LogP contribution in [0.25, 0.3) is 0 Å². The van der Waals surface area contributed by atoms with Crippen molar-refractivity contribution in [3.8, 4) is 0 Å². The first-order chi connectivity index (χ1) is 9.36. The van der Waals surface area contributed by atoms with Crippen LogP contribution >= 0.6 is 11.3 Å². The van der Waals surface area contributed by atoms with E-state index in [1.54, 1.807) is 12.1 Å². The topological polar surface area (TPSA) is 98.5 Å². The Morgan fingerprint density at radius 1 is 1.45 bits per heavy atom. The zero-order valence-corrected chi connectivity index (χ0v) is 12.9. The number of aryl methyl sites for hydroxylation is 1. The van der Waals surface area contributed by atoms with Gasteiger partial charge in [0, 0.05) is 24.6 Å². The van der Waals surface area contributed by atoms with Crippen molar-refractivity contribution >= 4 is 27.3 Å². The standard InChI is InChI=1S/C12H18N2O4S2/c1-9-2-3-10(19-9)20(16,17)14-8-12(11(13)15)4-6-18-7-5-12/h2-3,14H,4-8H2,1H3,(H2,13,15). The molecule has 2 heterocycles. The summed E-state index contributed by atoms with van der Waals surface area (Å²) in [5.74, 6) is -0.481. The minimum Gasteiger partial charge on any atom is -0.381 e. The number of nitrogens with one attached hydrogen (secondary N) is 1. The predicted molar refractivity (Wildman–Crippen MR) is 75.9 cm³/mol. The van der Waals surface area contributed by atoms with Crippen LogP contribution in [0.2, 0.25) is 0 Å². The Bertz CT molecular complexity index is 588. The molecule has 1 saturated heterocycles. The second-order valence-corrected chi connectivity index (χ2v) is 8.23. The van der Waals surface area contributed by atoms with E-state index in [9.17, 15) is 13.2 Å². The largest absolute Gasteiger partial charge is 0.381 e. The van der Waals surface area contributed by atoms with Gasteiger partial charge in [-0.1, -0.05) is 0 Å². The predicted octanol–water partition coefficient (Wildman–Crippen LogP) is 0.617. The minimum atomic E-state index is -3.59. The van der Waals surface area contributed by atoms with Crippen LogP contribution in [-0.4, -0.2) is 34.1 Å². The number of nitrogens with two attached hydrogens (primary N) is 1. The Labute approximate surface area is 122 Å². The second-order valence-electron chi connectivity index (χ2n) is 4.95. The third-order valence-electron chi connectivity index (χ3n) is 3.55. The number of rotatable bonds is 5. The molecule has 1 aromatic heterocycles. The van der Waals surface area contributed by atoms with Gasteiger partial charge in [0.05, 0.1) is 5.41 Å². The molecule has 8 heteroatoms. The number of hydrogen-bond acceptors (Lipinski definition) is 5. The van der Waals surface area contributed by atoms with Crippen molar-refractivity contribution in [1.29, 1.82) is 0 Å². The molecule has 0 unspecified atom stereocenters. The lowest BCUT2D eigenvalue weighted by molar-refractivity contribution is -0.132. The van der Waals surface area contributed by atoms with Crippen LogP contribution in [0, 0.1) is 12.3 Å². The van der Waals surface area contributed by atoms with Gasteiger partial charge in [0.2, 0.25) is 15.9 Å². The van der Waals surface area contributed by atoms with Crippen molar-refractivity contribution in [2.24, 2.45) is 11.1 Å². The van der Waals surface area contributed by atoms with Crippen LogP contribution < -0.4 is 10.5 Å². The van der Waals surface area contributed by atoms with Crippen molar-refractivity contribution < 1.29 is 17.9 Å². The van der Waals surface area contributed by atoms with E-state index in [4.69, 9.17) is 10.5 Å². The highest BCUT2D eigenvalue weighted by molar-refractivity contribution is 7.91. The summed E-state index contributed by atoms with van der Waals surface area (Å²) in [5, 5.41) is 0. The van der Waals surface area contributed by atoms with Crippen molar-refractivity contribution in [2.45, 2.75) is 24.0 Å². The van der Waals surface area contributed by atoms with E-state index < -0.39 is 21.3 Å². The van der Waals surface area contributed by atoms with Crippen molar-refractivity contribution in [1.82, 2.24) is 4.72 Å². The first-order valence-electron chi connectivity index (χ1n) is 6.29. The van der Waals surface area contributed by atoms with Crippen molar-refractivity contribution in [3.05, 3.63) is 17.0 Å². The first-order valence-corrected chi connectivity index (χ1v) is 8.59. The van der Waals surface area contributed by atoms with Crippen LogP contribution in [-0.2, 0) is 19.6 Å². The summed E-state index contributed by atoms with van der Waals surface area (Å²) in [6.07, 6.45) is 0.878. The summed E-state index contributed by atoms with van der Waals surface area (Å²) >= 11 is 1.20. The van der Waals surface area contributed by atoms with E-state index >= 15 is 0 Å². The third kappa shape index (κ3) is 3.20. The zero-order valence-electron chi connectivity index (χ0n) is 11.2. The minimum absolute atomic E-state index is 0.0188. The quantitative estimate of drug-likeness (QED) is 0.831. The molecule has 1 amide bonds. The molecule has 2 rings (SSSR count). The SMILES string of the molecule is Cc1ccc(S(=O)(=O)NCC2(C(N)=O)CCOCC2)s1. The number of sulfonamides is 1. The molecular weight excluding hydrogens is 300 g/mol. The smallest absolute Gasteiger partial charge is 0.250 e. The van der Waals surface area contributed by atoms with Crippen LogP contribution in [0.3, 0.4) is 0 Å². The molecule has 3 N–H and O–H groups in total. The zero-order chi connectivity index (χ0) is 14.8. The summed E-state index contributed by atoms with van der Waals surface area (Å²) in [4.78, 5) is 12.6. The molecule has 6 nitrogen and oxygen atoms in total. The van der Waals surface area contributed by atoms with E-state index in [1.807, 2.05) is 6.92 Å². The van der Waals surface area contributed by atoms with Gasteiger partial charge in [-0.3, -0.25) is 4.79 Å². The monoisotopic (exact) mass is 318 g/mol. The van der Waals surface area contributed by atoms with Gasteiger partial charge < -0.3 is 10.5 Å². The average molecular weight is 318 g/mol. The molecule has 0 saturated carbocycles. The fourth-order valence-corrected chi connectivity index (χ4v) is 4.59. The Morgan fingerprint density at radius 2 is 2.10 bits per heavy atom. The van der Waals surface area contributed by atoms with Gasteiger partial charge in [0.15, 0.2) is 0 Å². The van der Waals surface area contributed by atoms with Gasteiger partial charge in [-0.25, -0.2) is 13.1 Å². The number of thiophene rings is 1. The van der Waals surface area contributed by atoms with Crippen LogP contribution in [0.15, 0.2) is 16.3 Å². The highest BCUT2D eigenvalue weighted by Gasteiger charge is 2.39. The Kier molecular flexibility index (Phi) is 4.48. The van der Waals surface area contributed by atoms with Crippen LogP contribution in [0.5, 0.6) is 0 Å². The lowest BCUT2D eigenvalue weighted by Gasteiger charge is -2.34. The first kappa shape index (κ1) is 15.4. The number of carbonyl (C=O) groups is 1. The highest BCUT2D eigenvalue weighted by atomic mass is 32.2. The van der Waals surface area contributed by atoms with E-state index in [0.717, 1.165) is 4.88 Å². The lowest BCUT2D eigenvalue weighted by atomic mass is 9.80. The molecule has 0 radical (unpaired) electrons. The van der Waals surface area contributed by atoms with Gasteiger partial charge >= 0.3 is 0 Å². The highest BCUT2D eigenvalue weighted by Crippen LogP contribution is 2.30. The van der Waals surface area contributed by atoms with Gasteiger partial charge in [-0.2, -0.15) is 0 Å². The van der Waals surface area contributed by atoms with E-state index in [2.05, 4.69) is 4.72 Å². The molecule has 0 atom stereocenters. The summed E-state index contributed by atoms with van der Waals surface area (Å²) in [7, 11) is -3.59. The second kappa shape index (κ2) is 5.80. The van der Waals surface area contributed by atoms with E-state index in [-0.39, 0.29) is 10.8 Å². The molecule has 20 heavy (non-hydrogen) atoms. The number of carbonyl (C=O) groups excluding carboxylic acids is 1. The van der Waals surface area contributed by atoms with Crippen molar-refractivity contribution in [3.63, 3.8) is 0 Å². The summed E-state index contributed by atoms with van der Waals surface area (Å²) in [6.45, 7) is 2.70. The maximum atomic E-state index is 12.2. The molecule has 1 fully saturated rings. The fourth-order valence-electron chi connectivity index (χ4n) is 2.13. The van der Waals surface area contributed by atoms with E-state index in [0.29, 0.717) is 26.1 Å². The van der Waals surface area contributed by atoms with Gasteiger partial charge in [-0.15, -0.1) is 11.3 Å². The maximum absolute atomic E-state index is 12.2. The number of amides is 1. The van der Waals surface area contributed by atoms with Crippen LogP contribution in [0.4, 0.5) is 0 Å². The summed E-state index contributed by atoms with van der Waals surface area (Å²) < 4.78 is 32.3. The maximum Gasteiger partial charge on any atom is 0.250 e. The molecule has 0 aliphatic carbocycles. The molecule has 1 aliphatic heterocycles. The van der Waals surface area contributed by atoms with Crippen molar-refractivity contribution in [2.75, 3.05) is 19.8 Å². The van der Waals surface area contributed by atoms with Crippen LogP contribution in [0.1, 0.15) is 17.7 Å². The van der Waals surface area contributed by atoms with E-state index in [1.165, 1.54) is 11.3 Å². The normalized spacial score (nSPS) is 18.9. The fraction of sp³-hybridized carbons (Fsp3) is 0.583.